The summed E-state index contributed by atoms with van der Waals surface area (Å²) in [5, 5.41) is 10.4. The smallest absolute Gasteiger partial charge is 0.0576 e. The van der Waals surface area contributed by atoms with Crippen LogP contribution in [-0.4, -0.2) is 11.2 Å². The fourth-order valence-electron chi connectivity index (χ4n) is 3.55. The van der Waals surface area contributed by atoms with Crippen LogP contribution in [0.1, 0.15) is 56.7 Å². The summed E-state index contributed by atoms with van der Waals surface area (Å²) in [4.78, 5) is 2.95. The molecule has 0 saturated heterocycles. The van der Waals surface area contributed by atoms with Crippen molar-refractivity contribution in [3.63, 3.8) is 0 Å². The number of rotatable bonds is 4. The van der Waals surface area contributed by atoms with Crippen LogP contribution < -0.4 is 0 Å². The summed E-state index contributed by atoms with van der Waals surface area (Å²) in [5.41, 5.74) is 0.204. The van der Waals surface area contributed by atoms with E-state index in [0.29, 0.717) is 11.8 Å². The molecule has 1 aliphatic carbocycles. The van der Waals surface area contributed by atoms with E-state index in [0.717, 1.165) is 19.3 Å². The Hall–Kier alpha value is -0.340. The number of aliphatic hydroxyl groups is 1. The molecule has 108 valence electrons. The zero-order valence-corrected chi connectivity index (χ0v) is 13.6. The van der Waals surface area contributed by atoms with Crippen LogP contribution in [0.5, 0.6) is 0 Å². The van der Waals surface area contributed by atoms with Crippen LogP contribution in [0.4, 0.5) is 0 Å². The molecule has 1 aromatic heterocycles. The molecule has 19 heavy (non-hydrogen) atoms. The number of thiophene rings is 1. The normalized spacial score (nSPS) is 28.6. The fourth-order valence-corrected chi connectivity index (χ4v) is 4.75. The summed E-state index contributed by atoms with van der Waals surface area (Å²) in [6.07, 6.45) is 5.57. The van der Waals surface area contributed by atoms with E-state index >= 15 is 0 Å². The van der Waals surface area contributed by atoms with Gasteiger partial charge in [-0.05, 0) is 55.1 Å². The second-order valence-corrected chi connectivity index (χ2v) is 8.23. The molecule has 3 unspecified atom stereocenters. The number of aryl methyl sites for hydroxylation is 1. The summed E-state index contributed by atoms with van der Waals surface area (Å²) in [5.74, 6) is 1.14. The van der Waals surface area contributed by atoms with Crippen molar-refractivity contribution < 1.29 is 5.11 Å². The Morgan fingerprint density at radius 1 is 1.26 bits per heavy atom. The predicted octanol–water partition coefficient (Wildman–Crippen LogP) is 4.68. The first-order valence-corrected chi connectivity index (χ1v) is 8.49. The molecule has 0 radical (unpaired) electrons. The molecule has 0 aromatic carbocycles. The van der Waals surface area contributed by atoms with Crippen molar-refractivity contribution in [3.8, 4) is 0 Å². The van der Waals surface area contributed by atoms with E-state index in [9.17, 15) is 5.11 Å². The minimum atomic E-state index is -0.107. The van der Waals surface area contributed by atoms with E-state index in [4.69, 9.17) is 0 Å². The van der Waals surface area contributed by atoms with Gasteiger partial charge in [-0.15, -0.1) is 11.3 Å². The molecule has 1 heterocycles. The molecule has 1 aromatic rings. The Bertz CT molecular complexity index is 407. The third-order valence-corrected chi connectivity index (χ3v) is 6.01. The quantitative estimate of drug-likeness (QED) is 0.849. The van der Waals surface area contributed by atoms with Crippen molar-refractivity contribution in [1.82, 2.24) is 0 Å². The topological polar surface area (TPSA) is 20.2 Å². The first-order chi connectivity index (χ1) is 8.92. The molecule has 1 N–H and O–H groups in total. The van der Waals surface area contributed by atoms with Crippen LogP contribution in [0.3, 0.4) is 0 Å². The van der Waals surface area contributed by atoms with Crippen molar-refractivity contribution in [2.24, 2.45) is 17.3 Å². The average Bonchev–Trinajstić information content (AvgIpc) is 2.75. The molecule has 0 spiro atoms. The Morgan fingerprint density at radius 2 is 1.95 bits per heavy atom. The second-order valence-electron chi connectivity index (χ2n) is 6.98. The highest BCUT2D eigenvalue weighted by Crippen LogP contribution is 2.43. The van der Waals surface area contributed by atoms with E-state index in [1.54, 1.807) is 0 Å². The van der Waals surface area contributed by atoms with Gasteiger partial charge in [0, 0.05) is 9.75 Å². The molecule has 1 aliphatic rings. The lowest BCUT2D eigenvalue weighted by Crippen LogP contribution is -2.39. The lowest BCUT2D eigenvalue weighted by atomic mass is 9.66. The minimum absolute atomic E-state index is 0.107. The van der Waals surface area contributed by atoms with E-state index in [1.807, 2.05) is 11.3 Å². The lowest BCUT2D eigenvalue weighted by molar-refractivity contribution is -0.0122. The van der Waals surface area contributed by atoms with Gasteiger partial charge in [-0.1, -0.05) is 34.1 Å². The number of aliphatic hydroxyl groups excluding tert-OH is 1. The molecule has 1 fully saturated rings. The van der Waals surface area contributed by atoms with E-state index in [-0.39, 0.29) is 11.5 Å². The van der Waals surface area contributed by atoms with Crippen molar-refractivity contribution in [3.05, 3.63) is 21.9 Å². The largest absolute Gasteiger partial charge is 0.393 e. The van der Waals surface area contributed by atoms with Crippen molar-refractivity contribution in [2.75, 3.05) is 0 Å². The number of hydrogen-bond donors (Lipinski definition) is 1. The maximum Gasteiger partial charge on any atom is 0.0576 e. The zero-order valence-electron chi connectivity index (χ0n) is 12.8. The minimum Gasteiger partial charge on any atom is -0.393 e. The molecular formula is C17H28OS. The maximum atomic E-state index is 10.4. The Kier molecular flexibility index (Phi) is 4.73. The third kappa shape index (κ3) is 3.61. The standard InChI is InChI=1S/C17H28OS/c1-5-13-7-8-14(19-13)11-17(3,4)15-9-6-12(2)10-16(15)18/h7-8,12,15-16,18H,5-6,9-11H2,1-4H3. The fraction of sp³-hybridized carbons (Fsp3) is 0.765. The van der Waals surface area contributed by atoms with Crippen LogP contribution in [0, 0.1) is 17.3 Å². The van der Waals surface area contributed by atoms with Gasteiger partial charge >= 0.3 is 0 Å². The lowest BCUT2D eigenvalue weighted by Gasteiger charge is -2.42. The third-order valence-electron chi connectivity index (χ3n) is 4.78. The highest BCUT2D eigenvalue weighted by molar-refractivity contribution is 7.11. The Balaban J connectivity index is 2.04. The van der Waals surface area contributed by atoms with Gasteiger partial charge in [0.25, 0.3) is 0 Å². The molecule has 1 saturated carbocycles. The first-order valence-electron chi connectivity index (χ1n) is 7.68. The van der Waals surface area contributed by atoms with Gasteiger partial charge in [-0.25, -0.2) is 0 Å². The molecule has 0 aliphatic heterocycles. The molecule has 2 rings (SSSR count). The average molecular weight is 280 g/mol. The van der Waals surface area contributed by atoms with Crippen molar-refractivity contribution in [1.29, 1.82) is 0 Å². The van der Waals surface area contributed by atoms with Crippen LogP contribution in [0.25, 0.3) is 0 Å². The maximum absolute atomic E-state index is 10.4. The summed E-state index contributed by atoms with van der Waals surface area (Å²) in [6.45, 7) is 9.15. The summed E-state index contributed by atoms with van der Waals surface area (Å²) in [7, 11) is 0. The van der Waals surface area contributed by atoms with E-state index in [2.05, 4.69) is 39.8 Å². The highest BCUT2D eigenvalue weighted by atomic mass is 32.1. The van der Waals surface area contributed by atoms with Crippen molar-refractivity contribution in [2.45, 2.75) is 65.9 Å². The molecule has 0 bridgehead atoms. The summed E-state index contributed by atoms with van der Waals surface area (Å²) < 4.78 is 0. The molecule has 1 nitrogen and oxygen atoms in total. The Labute approximate surface area is 122 Å². The summed E-state index contributed by atoms with van der Waals surface area (Å²) >= 11 is 1.94. The zero-order chi connectivity index (χ0) is 14.0. The van der Waals surface area contributed by atoms with Gasteiger partial charge in [0.2, 0.25) is 0 Å². The van der Waals surface area contributed by atoms with Crippen LogP contribution in [-0.2, 0) is 12.8 Å². The van der Waals surface area contributed by atoms with E-state index in [1.165, 1.54) is 22.6 Å². The monoisotopic (exact) mass is 280 g/mol. The second kappa shape index (κ2) is 5.97. The molecular weight excluding hydrogens is 252 g/mol. The van der Waals surface area contributed by atoms with Gasteiger partial charge in [0.05, 0.1) is 6.10 Å². The molecule has 2 heteroatoms. The first kappa shape index (κ1) is 15.1. The van der Waals surface area contributed by atoms with Crippen molar-refractivity contribution >= 4 is 11.3 Å². The van der Waals surface area contributed by atoms with Crippen LogP contribution in [0.15, 0.2) is 12.1 Å². The molecule has 3 atom stereocenters. The highest BCUT2D eigenvalue weighted by Gasteiger charge is 2.38. The van der Waals surface area contributed by atoms with Gasteiger partial charge in [-0.2, -0.15) is 0 Å². The van der Waals surface area contributed by atoms with Crippen LogP contribution >= 0.6 is 11.3 Å². The SMILES string of the molecule is CCc1ccc(CC(C)(C)C2CCC(C)CC2O)s1. The van der Waals surface area contributed by atoms with Crippen LogP contribution in [0.2, 0.25) is 0 Å². The van der Waals surface area contributed by atoms with Gasteiger partial charge < -0.3 is 5.11 Å². The summed E-state index contributed by atoms with van der Waals surface area (Å²) in [6, 6.07) is 4.54. The molecule has 0 amide bonds. The number of hydrogen-bond acceptors (Lipinski definition) is 2. The van der Waals surface area contributed by atoms with Gasteiger partial charge in [-0.3, -0.25) is 0 Å². The Morgan fingerprint density at radius 3 is 2.53 bits per heavy atom. The van der Waals surface area contributed by atoms with Gasteiger partial charge in [0.15, 0.2) is 0 Å². The van der Waals surface area contributed by atoms with Gasteiger partial charge in [0.1, 0.15) is 0 Å². The van der Waals surface area contributed by atoms with E-state index < -0.39 is 0 Å². The predicted molar refractivity (Wildman–Crippen MR) is 83.7 cm³/mol.